The molecule has 4 rings (SSSR count). The van der Waals surface area contributed by atoms with E-state index in [2.05, 4.69) is 103 Å². The first kappa shape index (κ1) is 14.2. The second kappa shape index (κ2) is 5.68. The summed E-state index contributed by atoms with van der Waals surface area (Å²) in [5.41, 5.74) is 3.62. The molecule has 0 aromatic heterocycles. The van der Waals surface area contributed by atoms with Gasteiger partial charge in [0.25, 0.3) is 0 Å². The van der Waals surface area contributed by atoms with E-state index in [1.165, 1.54) is 16.7 Å². The van der Waals surface area contributed by atoms with E-state index in [0.29, 0.717) is 6.04 Å². The Hall–Kier alpha value is -2.38. The Morgan fingerprint density at radius 3 is 1.22 bits per heavy atom. The Morgan fingerprint density at radius 1 is 0.652 bits per heavy atom. The van der Waals surface area contributed by atoms with Gasteiger partial charge in [-0.1, -0.05) is 91.0 Å². The topological polar surface area (TPSA) is 3.01 Å². The van der Waals surface area contributed by atoms with Gasteiger partial charge in [0, 0.05) is 12.6 Å². The number of hydrogen-bond donors (Lipinski definition) is 0. The molecule has 1 nitrogen and oxygen atoms in total. The largest absolute Gasteiger partial charge is 0.280 e. The van der Waals surface area contributed by atoms with Crippen LogP contribution in [0.1, 0.15) is 16.7 Å². The van der Waals surface area contributed by atoms with E-state index in [1.54, 1.807) is 0 Å². The third-order valence-corrected chi connectivity index (χ3v) is 4.72. The van der Waals surface area contributed by atoms with Gasteiger partial charge in [0.15, 0.2) is 0 Å². The zero-order chi connectivity index (χ0) is 15.7. The van der Waals surface area contributed by atoms with E-state index in [1.807, 2.05) is 0 Å². The van der Waals surface area contributed by atoms with Crippen LogP contribution in [-0.2, 0) is 5.54 Å². The van der Waals surface area contributed by atoms with Crippen LogP contribution >= 0.6 is 0 Å². The molecule has 1 heteroatoms. The summed E-state index contributed by atoms with van der Waals surface area (Å²) in [6.07, 6.45) is 0. The summed E-state index contributed by atoms with van der Waals surface area (Å²) in [5.74, 6) is 0. The molecule has 3 aromatic rings. The summed E-state index contributed by atoms with van der Waals surface area (Å²) < 4.78 is 0. The van der Waals surface area contributed by atoms with Crippen LogP contribution in [0.15, 0.2) is 91.0 Å². The van der Waals surface area contributed by atoms with Crippen LogP contribution < -0.4 is 0 Å². The summed E-state index contributed by atoms with van der Waals surface area (Å²) in [6.45, 7) is 5.31. The summed E-state index contributed by atoms with van der Waals surface area (Å²) in [7, 11) is 0. The lowest BCUT2D eigenvalue weighted by Crippen LogP contribution is -2.38. The van der Waals surface area contributed by atoms with Gasteiger partial charge in [-0.3, -0.25) is 4.90 Å². The molecule has 1 aliphatic rings. The highest BCUT2D eigenvalue weighted by Gasteiger charge is 2.51. The zero-order valence-corrected chi connectivity index (χ0v) is 13.1. The molecule has 1 saturated heterocycles. The van der Waals surface area contributed by atoms with E-state index in [0.717, 1.165) is 6.54 Å². The van der Waals surface area contributed by atoms with Crippen molar-refractivity contribution in [1.29, 1.82) is 0 Å². The third kappa shape index (κ3) is 2.29. The molecular weight excluding hydrogens is 278 g/mol. The SMILES string of the molecule is [CH2]C1CN1C(c1ccccc1)(c1ccccc1)c1ccccc1. The summed E-state index contributed by atoms with van der Waals surface area (Å²) in [4.78, 5) is 2.48. The van der Waals surface area contributed by atoms with Gasteiger partial charge in [-0.15, -0.1) is 0 Å². The number of hydrogen-bond acceptors (Lipinski definition) is 1. The summed E-state index contributed by atoms with van der Waals surface area (Å²) in [6, 6.07) is 32.7. The van der Waals surface area contributed by atoms with Crippen molar-refractivity contribution in [2.24, 2.45) is 0 Å². The Labute approximate surface area is 138 Å². The predicted octanol–water partition coefficient (Wildman–Crippen LogP) is 4.50. The Morgan fingerprint density at radius 2 is 0.957 bits per heavy atom. The van der Waals surface area contributed by atoms with Crippen LogP contribution in [0.3, 0.4) is 0 Å². The van der Waals surface area contributed by atoms with Crippen molar-refractivity contribution in [1.82, 2.24) is 4.90 Å². The maximum absolute atomic E-state index is 4.30. The van der Waals surface area contributed by atoms with E-state index in [-0.39, 0.29) is 5.54 Å². The minimum absolute atomic E-state index is 0.268. The molecule has 23 heavy (non-hydrogen) atoms. The quantitative estimate of drug-likeness (QED) is 0.506. The van der Waals surface area contributed by atoms with Gasteiger partial charge in [0.05, 0.1) is 5.54 Å². The molecule has 3 aromatic carbocycles. The Kier molecular flexibility index (Phi) is 3.51. The first-order valence-electron chi connectivity index (χ1n) is 8.10. The molecule has 113 valence electrons. The van der Waals surface area contributed by atoms with E-state index in [9.17, 15) is 0 Å². The van der Waals surface area contributed by atoms with Crippen molar-refractivity contribution >= 4 is 0 Å². The molecule has 2 atom stereocenters. The molecule has 0 N–H and O–H groups in total. The molecule has 0 spiro atoms. The fraction of sp³-hybridized carbons (Fsp3) is 0.136. The van der Waals surface area contributed by atoms with E-state index >= 15 is 0 Å². The fourth-order valence-electron chi connectivity index (χ4n) is 3.63. The van der Waals surface area contributed by atoms with Crippen molar-refractivity contribution in [2.45, 2.75) is 11.6 Å². The smallest absolute Gasteiger partial charge is 0.0976 e. The number of rotatable bonds is 4. The molecule has 0 amide bonds. The van der Waals surface area contributed by atoms with Crippen molar-refractivity contribution < 1.29 is 0 Å². The molecule has 1 radical (unpaired) electrons. The van der Waals surface area contributed by atoms with Crippen LogP contribution in [0.25, 0.3) is 0 Å². The molecule has 1 aliphatic heterocycles. The highest BCUT2D eigenvalue weighted by Crippen LogP contribution is 2.47. The monoisotopic (exact) mass is 298 g/mol. The number of benzene rings is 3. The van der Waals surface area contributed by atoms with Crippen LogP contribution in [-0.4, -0.2) is 17.5 Å². The molecule has 0 aliphatic carbocycles. The zero-order valence-electron chi connectivity index (χ0n) is 13.1. The van der Waals surface area contributed by atoms with Gasteiger partial charge >= 0.3 is 0 Å². The van der Waals surface area contributed by atoms with Crippen LogP contribution in [0.2, 0.25) is 0 Å². The van der Waals surface area contributed by atoms with Gasteiger partial charge in [0.1, 0.15) is 0 Å². The van der Waals surface area contributed by atoms with Gasteiger partial charge in [-0.25, -0.2) is 0 Å². The van der Waals surface area contributed by atoms with Crippen molar-refractivity contribution in [2.75, 3.05) is 6.54 Å². The average Bonchev–Trinajstić information content (AvgIpc) is 3.35. The molecule has 0 bridgehead atoms. The van der Waals surface area contributed by atoms with Crippen molar-refractivity contribution in [3.8, 4) is 0 Å². The van der Waals surface area contributed by atoms with Gasteiger partial charge in [0.2, 0.25) is 0 Å². The van der Waals surface area contributed by atoms with Gasteiger partial charge in [-0.2, -0.15) is 0 Å². The normalized spacial score (nSPS) is 20.2. The summed E-state index contributed by atoms with van der Waals surface area (Å²) in [5, 5.41) is 0. The lowest BCUT2D eigenvalue weighted by atomic mass is 9.76. The van der Waals surface area contributed by atoms with Gasteiger partial charge in [-0.05, 0) is 23.6 Å². The molecule has 0 saturated carbocycles. The van der Waals surface area contributed by atoms with E-state index in [4.69, 9.17) is 0 Å². The van der Waals surface area contributed by atoms with Crippen molar-refractivity contribution in [3.05, 3.63) is 115 Å². The molecule has 1 heterocycles. The highest BCUT2D eigenvalue weighted by molar-refractivity contribution is 5.51. The van der Waals surface area contributed by atoms with Crippen LogP contribution in [0, 0.1) is 6.92 Å². The lowest BCUT2D eigenvalue weighted by Gasteiger charge is -2.38. The van der Waals surface area contributed by atoms with Crippen LogP contribution in [0.5, 0.6) is 0 Å². The van der Waals surface area contributed by atoms with E-state index < -0.39 is 0 Å². The lowest BCUT2D eigenvalue weighted by molar-refractivity contribution is 0.333. The third-order valence-electron chi connectivity index (χ3n) is 4.72. The Balaban J connectivity index is 2.03. The maximum atomic E-state index is 4.30. The minimum atomic E-state index is -0.268. The Bertz CT molecular complexity index is 668. The number of nitrogens with zero attached hydrogens (tertiary/aromatic N) is 1. The van der Waals surface area contributed by atoms with Crippen LogP contribution in [0.4, 0.5) is 0 Å². The second-order valence-corrected chi connectivity index (χ2v) is 6.11. The fourth-order valence-corrected chi connectivity index (χ4v) is 3.63. The second-order valence-electron chi connectivity index (χ2n) is 6.11. The predicted molar refractivity (Wildman–Crippen MR) is 95.1 cm³/mol. The first-order valence-corrected chi connectivity index (χ1v) is 8.10. The molecular formula is C22H20N. The minimum Gasteiger partial charge on any atom is -0.280 e. The maximum Gasteiger partial charge on any atom is 0.0976 e. The summed E-state index contributed by atoms with van der Waals surface area (Å²) >= 11 is 0. The first-order chi connectivity index (χ1) is 11.3. The molecule has 1 fully saturated rings. The standard InChI is InChI=1S/C22H20N/c1-18-17-23(18)22(19-11-5-2-6-12-19,20-13-7-3-8-14-20)21-15-9-4-10-16-21/h2-16,18H,1,17H2. The highest BCUT2D eigenvalue weighted by atomic mass is 15.4. The van der Waals surface area contributed by atoms with Gasteiger partial charge < -0.3 is 0 Å². The molecule has 2 unspecified atom stereocenters. The van der Waals surface area contributed by atoms with Crippen molar-refractivity contribution in [3.63, 3.8) is 0 Å². The average molecular weight is 298 g/mol.